The van der Waals surface area contributed by atoms with Gasteiger partial charge in [-0.25, -0.2) is 0 Å². The molecular formula is C16H19IN2O. The van der Waals surface area contributed by atoms with E-state index in [2.05, 4.69) is 41.5 Å². The lowest BCUT2D eigenvalue weighted by atomic mass is 10.1. The second-order valence-electron chi connectivity index (χ2n) is 4.87. The van der Waals surface area contributed by atoms with E-state index in [1.807, 2.05) is 41.2 Å². The van der Waals surface area contributed by atoms with Gasteiger partial charge in [0.2, 0.25) is 0 Å². The third-order valence-corrected chi connectivity index (χ3v) is 4.14. The first-order valence-corrected chi connectivity index (χ1v) is 8.04. The Balaban J connectivity index is 2.09. The highest BCUT2D eigenvalue weighted by atomic mass is 127. The first-order chi connectivity index (χ1) is 9.63. The third-order valence-electron chi connectivity index (χ3n) is 3.47. The van der Waals surface area contributed by atoms with Crippen molar-refractivity contribution in [2.75, 3.05) is 0 Å². The smallest absolute Gasteiger partial charge is 0.168 e. The number of hydrogen-bond donors (Lipinski definition) is 0. The largest absolute Gasteiger partial charge is 0.294 e. The molecule has 0 atom stereocenters. The predicted molar refractivity (Wildman–Crippen MR) is 89.0 cm³/mol. The number of carbonyl (C=O) groups is 1. The Morgan fingerprint density at radius 1 is 1.30 bits per heavy atom. The molecule has 0 bridgehead atoms. The van der Waals surface area contributed by atoms with Gasteiger partial charge in [-0.05, 0) is 53.6 Å². The monoisotopic (exact) mass is 382 g/mol. The van der Waals surface area contributed by atoms with E-state index in [0.29, 0.717) is 12.5 Å². The molecule has 2 rings (SSSR count). The molecule has 0 radical (unpaired) electrons. The molecule has 106 valence electrons. The van der Waals surface area contributed by atoms with E-state index < -0.39 is 0 Å². The molecule has 3 nitrogen and oxygen atoms in total. The quantitative estimate of drug-likeness (QED) is 0.552. The fourth-order valence-corrected chi connectivity index (χ4v) is 2.81. The first-order valence-electron chi connectivity index (χ1n) is 6.96. The number of nitrogens with zero attached hydrogens (tertiary/aromatic N) is 2. The minimum atomic E-state index is 0.123. The van der Waals surface area contributed by atoms with Crippen LogP contribution >= 0.6 is 22.6 Å². The topological polar surface area (TPSA) is 34.9 Å². The molecule has 1 heterocycles. The van der Waals surface area contributed by atoms with Gasteiger partial charge in [0.25, 0.3) is 0 Å². The van der Waals surface area contributed by atoms with E-state index in [1.165, 1.54) is 0 Å². The molecule has 0 saturated carbocycles. The molecule has 0 N–H and O–H groups in total. The molecule has 4 heteroatoms. The highest BCUT2D eigenvalue weighted by Gasteiger charge is 2.12. The van der Waals surface area contributed by atoms with Gasteiger partial charge in [0.15, 0.2) is 5.78 Å². The van der Waals surface area contributed by atoms with Gasteiger partial charge in [0.1, 0.15) is 0 Å². The third kappa shape index (κ3) is 3.69. The van der Waals surface area contributed by atoms with Crippen LogP contribution in [0.4, 0.5) is 0 Å². The Bertz CT molecular complexity index is 588. The molecule has 0 aliphatic heterocycles. The van der Waals surface area contributed by atoms with Crippen LogP contribution in [0.15, 0.2) is 36.5 Å². The molecular weight excluding hydrogens is 363 g/mol. The molecule has 20 heavy (non-hydrogen) atoms. The van der Waals surface area contributed by atoms with E-state index in [-0.39, 0.29) is 5.78 Å². The van der Waals surface area contributed by atoms with E-state index in [4.69, 9.17) is 0 Å². The molecule has 0 fully saturated rings. The minimum Gasteiger partial charge on any atom is -0.294 e. The van der Waals surface area contributed by atoms with Crippen molar-refractivity contribution in [3.8, 4) is 0 Å². The number of rotatable bonds is 6. The molecule has 1 aromatic heterocycles. The summed E-state index contributed by atoms with van der Waals surface area (Å²) in [4.78, 5) is 12.2. The Morgan fingerprint density at radius 2 is 2.05 bits per heavy atom. The van der Waals surface area contributed by atoms with Crippen molar-refractivity contribution < 1.29 is 4.79 Å². The van der Waals surface area contributed by atoms with Crippen LogP contribution in [-0.2, 0) is 6.42 Å². The van der Waals surface area contributed by atoms with Gasteiger partial charge in [0, 0.05) is 15.3 Å². The van der Waals surface area contributed by atoms with Gasteiger partial charge in [-0.2, -0.15) is 5.10 Å². The maximum Gasteiger partial charge on any atom is 0.168 e. The second kappa shape index (κ2) is 7.02. The first kappa shape index (κ1) is 15.2. The molecule has 0 amide bonds. The van der Waals surface area contributed by atoms with Crippen LogP contribution in [0.5, 0.6) is 0 Å². The zero-order valence-electron chi connectivity index (χ0n) is 11.8. The Kier molecular flexibility index (Phi) is 5.34. The maximum absolute atomic E-state index is 12.2. The van der Waals surface area contributed by atoms with E-state index in [0.717, 1.165) is 27.7 Å². The molecule has 0 aliphatic rings. The summed E-state index contributed by atoms with van der Waals surface area (Å²) in [6.45, 7) is 4.32. The number of ketones is 1. The van der Waals surface area contributed by atoms with Crippen molar-refractivity contribution >= 4 is 28.4 Å². The lowest BCUT2D eigenvalue weighted by Crippen LogP contribution is -2.09. The average molecular weight is 382 g/mol. The van der Waals surface area contributed by atoms with Gasteiger partial charge < -0.3 is 0 Å². The van der Waals surface area contributed by atoms with Crippen LogP contribution < -0.4 is 0 Å². The highest BCUT2D eigenvalue weighted by molar-refractivity contribution is 14.1. The summed E-state index contributed by atoms with van der Waals surface area (Å²) in [6, 6.07) is 10.1. The summed E-state index contributed by atoms with van der Waals surface area (Å²) < 4.78 is 3.06. The number of aromatic nitrogens is 2. The van der Waals surface area contributed by atoms with Crippen molar-refractivity contribution in [1.29, 1.82) is 0 Å². The summed E-state index contributed by atoms with van der Waals surface area (Å²) in [6.07, 6.45) is 4.47. The molecule has 0 spiro atoms. The normalized spacial score (nSPS) is 11.0. The summed E-state index contributed by atoms with van der Waals surface area (Å²) >= 11 is 2.22. The number of benzene rings is 1. The van der Waals surface area contributed by atoms with Crippen LogP contribution in [0.2, 0.25) is 0 Å². The number of Topliss-reactive ketones (excluding diaryl/α,β-unsaturated/α-hetero) is 1. The van der Waals surface area contributed by atoms with Crippen LogP contribution in [0, 0.1) is 3.57 Å². The van der Waals surface area contributed by atoms with Crippen LogP contribution in [0.3, 0.4) is 0 Å². The fraction of sp³-hybridized carbons (Fsp3) is 0.375. The van der Waals surface area contributed by atoms with Crippen molar-refractivity contribution in [3.63, 3.8) is 0 Å². The summed E-state index contributed by atoms with van der Waals surface area (Å²) in [7, 11) is 0. The van der Waals surface area contributed by atoms with Crippen molar-refractivity contribution in [2.24, 2.45) is 0 Å². The van der Waals surface area contributed by atoms with E-state index in [1.54, 1.807) is 0 Å². The number of halogens is 1. The SMILES string of the molecule is CCC(CC)n1ccc(CC(=O)c2cccc(I)c2)n1. The van der Waals surface area contributed by atoms with E-state index in [9.17, 15) is 4.79 Å². The van der Waals surface area contributed by atoms with Gasteiger partial charge in [-0.15, -0.1) is 0 Å². The summed E-state index contributed by atoms with van der Waals surface area (Å²) in [5.41, 5.74) is 1.61. The zero-order valence-corrected chi connectivity index (χ0v) is 14.0. The Hall–Kier alpha value is -1.17. The van der Waals surface area contributed by atoms with Gasteiger partial charge in [-0.1, -0.05) is 26.0 Å². The molecule has 0 saturated heterocycles. The molecule has 2 aromatic rings. The van der Waals surface area contributed by atoms with Gasteiger partial charge in [-0.3, -0.25) is 9.48 Å². The standard InChI is InChI=1S/C16H19IN2O/c1-3-15(4-2)19-9-8-14(18-19)11-16(20)12-6-5-7-13(17)10-12/h5-10,15H,3-4,11H2,1-2H3. The minimum absolute atomic E-state index is 0.123. The average Bonchev–Trinajstić information content (AvgIpc) is 2.88. The van der Waals surface area contributed by atoms with Gasteiger partial charge >= 0.3 is 0 Å². The molecule has 1 aromatic carbocycles. The Labute approximate surface area is 133 Å². The Morgan fingerprint density at radius 3 is 2.70 bits per heavy atom. The summed E-state index contributed by atoms with van der Waals surface area (Å²) in [5.74, 6) is 0.123. The van der Waals surface area contributed by atoms with Gasteiger partial charge in [0.05, 0.1) is 18.2 Å². The van der Waals surface area contributed by atoms with Crippen molar-refractivity contribution in [1.82, 2.24) is 9.78 Å². The highest BCUT2D eigenvalue weighted by Crippen LogP contribution is 2.16. The van der Waals surface area contributed by atoms with E-state index >= 15 is 0 Å². The number of carbonyl (C=O) groups excluding carboxylic acids is 1. The molecule has 0 aliphatic carbocycles. The molecule has 0 unspecified atom stereocenters. The fourth-order valence-electron chi connectivity index (χ4n) is 2.27. The zero-order chi connectivity index (χ0) is 14.5. The second-order valence-corrected chi connectivity index (χ2v) is 6.11. The van der Waals surface area contributed by atoms with Crippen LogP contribution in [0.25, 0.3) is 0 Å². The van der Waals surface area contributed by atoms with Crippen molar-refractivity contribution in [2.45, 2.75) is 39.2 Å². The maximum atomic E-state index is 12.2. The van der Waals surface area contributed by atoms with Crippen LogP contribution in [-0.4, -0.2) is 15.6 Å². The number of hydrogen-bond acceptors (Lipinski definition) is 2. The predicted octanol–water partition coefficient (Wildman–Crippen LogP) is 4.27. The lowest BCUT2D eigenvalue weighted by molar-refractivity contribution is 0.0991. The lowest BCUT2D eigenvalue weighted by Gasteiger charge is -2.12. The summed E-state index contributed by atoms with van der Waals surface area (Å²) in [5, 5.41) is 4.53. The van der Waals surface area contributed by atoms with Crippen molar-refractivity contribution in [3.05, 3.63) is 51.4 Å². The van der Waals surface area contributed by atoms with Crippen LogP contribution in [0.1, 0.15) is 48.8 Å².